The van der Waals surface area contributed by atoms with Crippen molar-refractivity contribution >= 4 is 27.5 Å². The second kappa shape index (κ2) is 13.6. The summed E-state index contributed by atoms with van der Waals surface area (Å²) in [6.07, 6.45) is 5.18. The lowest BCUT2D eigenvalue weighted by Crippen LogP contribution is -2.53. The van der Waals surface area contributed by atoms with Crippen LogP contribution in [-0.2, 0) is 26.2 Å². The van der Waals surface area contributed by atoms with Gasteiger partial charge in [0.2, 0.25) is 11.8 Å². The van der Waals surface area contributed by atoms with Crippen LogP contribution < -0.4 is 9.62 Å². The molecule has 224 valence electrons. The average molecular weight is 590 g/mol. The van der Waals surface area contributed by atoms with E-state index in [0.717, 1.165) is 53.5 Å². The van der Waals surface area contributed by atoms with Crippen LogP contribution in [0.4, 0.5) is 5.69 Å². The molecule has 1 fully saturated rings. The molecule has 7 nitrogen and oxygen atoms in total. The Hall–Kier alpha value is -3.65. The first-order valence-electron chi connectivity index (χ1n) is 14.8. The minimum Gasteiger partial charge on any atom is -0.352 e. The summed E-state index contributed by atoms with van der Waals surface area (Å²) in [6.45, 7) is 9.22. The first-order chi connectivity index (χ1) is 20.0. The van der Waals surface area contributed by atoms with E-state index in [1.165, 1.54) is 15.6 Å². The summed E-state index contributed by atoms with van der Waals surface area (Å²) < 4.78 is 29.2. The van der Waals surface area contributed by atoms with E-state index in [9.17, 15) is 18.0 Å². The number of hydrogen-bond acceptors (Lipinski definition) is 4. The maximum atomic E-state index is 14.2. The van der Waals surface area contributed by atoms with Gasteiger partial charge in [-0.15, -0.1) is 0 Å². The fourth-order valence-corrected chi connectivity index (χ4v) is 6.69. The maximum absolute atomic E-state index is 14.2. The van der Waals surface area contributed by atoms with Crippen molar-refractivity contribution in [3.8, 4) is 0 Å². The number of rotatable bonds is 10. The lowest BCUT2D eigenvalue weighted by Gasteiger charge is -2.33. The normalized spacial score (nSPS) is 14.7. The molecule has 0 spiro atoms. The monoisotopic (exact) mass is 589 g/mol. The van der Waals surface area contributed by atoms with Crippen LogP contribution in [0, 0.1) is 27.7 Å². The van der Waals surface area contributed by atoms with E-state index in [4.69, 9.17) is 0 Å². The van der Waals surface area contributed by atoms with Gasteiger partial charge in [-0.1, -0.05) is 72.9 Å². The molecule has 1 N–H and O–H groups in total. The summed E-state index contributed by atoms with van der Waals surface area (Å²) in [5, 5.41) is 3.14. The molecule has 1 unspecified atom stereocenters. The van der Waals surface area contributed by atoms with Gasteiger partial charge in [-0.05, 0) is 88.4 Å². The fraction of sp³-hybridized carbons (Fsp3) is 0.412. The van der Waals surface area contributed by atoms with Gasteiger partial charge in [0.15, 0.2) is 0 Å². The molecule has 0 saturated heterocycles. The third-order valence-electron chi connectivity index (χ3n) is 8.26. The molecule has 0 aromatic heterocycles. The van der Waals surface area contributed by atoms with Crippen LogP contribution in [0.1, 0.15) is 66.8 Å². The highest BCUT2D eigenvalue weighted by Crippen LogP contribution is 2.27. The zero-order valence-corrected chi connectivity index (χ0v) is 26.2. The van der Waals surface area contributed by atoms with Crippen molar-refractivity contribution in [3.63, 3.8) is 0 Å². The average Bonchev–Trinajstić information content (AvgIpc) is 2.97. The van der Waals surface area contributed by atoms with Gasteiger partial charge in [-0.25, -0.2) is 8.42 Å². The van der Waals surface area contributed by atoms with Crippen LogP contribution in [0.15, 0.2) is 71.6 Å². The Kier molecular flexibility index (Phi) is 10.1. The van der Waals surface area contributed by atoms with Crippen molar-refractivity contribution in [2.45, 2.75) is 90.2 Å². The molecule has 0 bridgehead atoms. The number of carbonyl (C=O) groups is 2. The summed E-state index contributed by atoms with van der Waals surface area (Å²) in [5.74, 6) is -0.669. The van der Waals surface area contributed by atoms with Crippen LogP contribution in [0.5, 0.6) is 0 Å². The third kappa shape index (κ3) is 7.59. The van der Waals surface area contributed by atoms with Crippen LogP contribution in [-0.4, -0.2) is 43.8 Å². The van der Waals surface area contributed by atoms with E-state index < -0.39 is 28.5 Å². The molecule has 1 atom stereocenters. The molecule has 1 aliphatic carbocycles. The van der Waals surface area contributed by atoms with Gasteiger partial charge in [0.05, 0.1) is 10.6 Å². The molecule has 3 aromatic carbocycles. The Bertz CT molecular complexity index is 1490. The molecule has 4 rings (SSSR count). The van der Waals surface area contributed by atoms with Crippen LogP contribution in [0.3, 0.4) is 0 Å². The van der Waals surface area contributed by atoms with Crippen LogP contribution in [0.2, 0.25) is 0 Å². The summed E-state index contributed by atoms with van der Waals surface area (Å²) in [7, 11) is -4.09. The minimum atomic E-state index is -4.09. The van der Waals surface area contributed by atoms with Crippen LogP contribution in [0.25, 0.3) is 0 Å². The molecule has 3 aromatic rings. The van der Waals surface area contributed by atoms with E-state index in [1.54, 1.807) is 43.3 Å². The molecular weight excluding hydrogens is 546 g/mol. The van der Waals surface area contributed by atoms with Gasteiger partial charge >= 0.3 is 0 Å². The summed E-state index contributed by atoms with van der Waals surface area (Å²) in [6, 6.07) is 19.1. The molecule has 0 radical (unpaired) electrons. The SMILES string of the molecule is Cc1ccc(CN(C(=O)CN(c2ccc(C)c(C)c2)S(=O)(=O)c2ccc(C)cc2)C(C)C(=O)NC2CCCCC2)cc1. The zero-order valence-electron chi connectivity index (χ0n) is 25.4. The standard InChI is InChI=1S/C34H43N3O4S/c1-24-11-16-29(17-12-24)22-36(28(5)34(39)35-30-9-7-6-8-10-30)33(38)23-37(31-18-15-26(3)27(4)21-31)42(40,41)32-19-13-25(2)14-20-32/h11-21,28,30H,6-10,22-23H2,1-5H3,(H,35,39). The highest BCUT2D eigenvalue weighted by atomic mass is 32.2. The second-order valence-corrected chi connectivity index (χ2v) is 13.5. The number of carbonyl (C=O) groups excluding carboxylic acids is 2. The predicted molar refractivity (Wildman–Crippen MR) is 168 cm³/mol. The Morgan fingerprint density at radius 1 is 0.833 bits per heavy atom. The largest absolute Gasteiger partial charge is 0.352 e. The van der Waals surface area contributed by atoms with Gasteiger partial charge < -0.3 is 10.2 Å². The number of aryl methyl sites for hydroxylation is 4. The van der Waals surface area contributed by atoms with E-state index in [-0.39, 0.29) is 23.4 Å². The smallest absolute Gasteiger partial charge is 0.264 e. The van der Waals surface area contributed by atoms with Crippen LogP contribution >= 0.6 is 0 Å². The summed E-state index contributed by atoms with van der Waals surface area (Å²) in [4.78, 5) is 29.2. The Labute approximate surface area is 251 Å². The molecular formula is C34H43N3O4S. The van der Waals surface area contributed by atoms with Crippen molar-refractivity contribution in [1.29, 1.82) is 0 Å². The number of nitrogens with zero attached hydrogens (tertiary/aromatic N) is 2. The molecule has 1 aliphatic rings. The lowest BCUT2D eigenvalue weighted by molar-refractivity contribution is -0.139. The second-order valence-electron chi connectivity index (χ2n) is 11.6. The number of hydrogen-bond donors (Lipinski definition) is 1. The lowest BCUT2D eigenvalue weighted by atomic mass is 9.95. The quantitative estimate of drug-likeness (QED) is 0.315. The molecule has 8 heteroatoms. The molecule has 2 amide bonds. The van der Waals surface area contributed by atoms with Crippen molar-refractivity contribution in [3.05, 3.63) is 94.5 Å². The van der Waals surface area contributed by atoms with Gasteiger partial charge in [-0.2, -0.15) is 0 Å². The van der Waals surface area contributed by atoms with Crippen molar-refractivity contribution in [1.82, 2.24) is 10.2 Å². The van der Waals surface area contributed by atoms with Crippen molar-refractivity contribution in [2.24, 2.45) is 0 Å². The topological polar surface area (TPSA) is 86.8 Å². The van der Waals surface area contributed by atoms with E-state index in [0.29, 0.717) is 5.69 Å². The predicted octanol–water partition coefficient (Wildman–Crippen LogP) is 5.98. The maximum Gasteiger partial charge on any atom is 0.264 e. The number of anilines is 1. The fourth-order valence-electron chi connectivity index (χ4n) is 5.29. The first kappa shape index (κ1) is 31.3. The number of amides is 2. The summed E-state index contributed by atoms with van der Waals surface area (Å²) in [5.41, 5.74) is 5.23. The Morgan fingerprint density at radius 2 is 1.43 bits per heavy atom. The van der Waals surface area contributed by atoms with E-state index >= 15 is 0 Å². The zero-order chi connectivity index (χ0) is 30.4. The number of benzene rings is 3. The van der Waals surface area contributed by atoms with Gasteiger partial charge in [0.1, 0.15) is 12.6 Å². The highest BCUT2D eigenvalue weighted by molar-refractivity contribution is 7.92. The molecule has 1 saturated carbocycles. The minimum absolute atomic E-state index is 0.0963. The Morgan fingerprint density at radius 3 is 2.02 bits per heavy atom. The number of sulfonamides is 1. The van der Waals surface area contributed by atoms with Gasteiger partial charge in [-0.3, -0.25) is 13.9 Å². The third-order valence-corrected chi connectivity index (χ3v) is 10.0. The van der Waals surface area contributed by atoms with E-state index in [2.05, 4.69) is 5.32 Å². The molecule has 0 heterocycles. The Balaban J connectivity index is 1.69. The number of nitrogens with one attached hydrogen (secondary N) is 1. The highest BCUT2D eigenvalue weighted by Gasteiger charge is 2.33. The first-order valence-corrected chi connectivity index (χ1v) is 16.2. The van der Waals surface area contributed by atoms with E-state index in [1.807, 2.05) is 58.0 Å². The van der Waals surface area contributed by atoms with Gasteiger partial charge in [0.25, 0.3) is 10.0 Å². The van der Waals surface area contributed by atoms with Crippen molar-refractivity contribution < 1.29 is 18.0 Å². The molecule has 42 heavy (non-hydrogen) atoms. The van der Waals surface area contributed by atoms with Crippen molar-refractivity contribution in [2.75, 3.05) is 10.8 Å². The molecule has 0 aliphatic heterocycles. The van der Waals surface area contributed by atoms with Gasteiger partial charge in [0, 0.05) is 12.6 Å². The summed E-state index contributed by atoms with van der Waals surface area (Å²) >= 11 is 0.